The minimum Gasteiger partial charge on any atom is -0.479 e. The number of para-hydroxylation sites is 1. The molecule has 1 aliphatic rings. The number of nitriles is 1. The minimum atomic E-state index is -0.258. The molecule has 6 nitrogen and oxygen atoms in total. The molecule has 4 rings (SSSR count). The highest BCUT2D eigenvalue weighted by Gasteiger charge is 2.32. The topological polar surface area (TPSA) is 77.7 Å². The highest BCUT2D eigenvalue weighted by Crippen LogP contribution is 2.35. The Morgan fingerprint density at radius 2 is 1.80 bits per heavy atom. The second kappa shape index (κ2) is 8.93. The predicted molar refractivity (Wildman–Crippen MR) is 116 cm³/mol. The van der Waals surface area contributed by atoms with Gasteiger partial charge in [0.15, 0.2) is 6.61 Å². The van der Waals surface area contributed by atoms with E-state index in [2.05, 4.69) is 10.4 Å². The second-order valence-corrected chi connectivity index (χ2v) is 6.79. The number of hydrazone groups is 1. The molecule has 1 amide bonds. The van der Waals surface area contributed by atoms with E-state index in [4.69, 9.17) is 10.00 Å². The number of nitrogens with zero attached hydrogens (tertiary/aromatic N) is 3. The van der Waals surface area contributed by atoms with E-state index in [1.165, 1.54) is 0 Å². The summed E-state index contributed by atoms with van der Waals surface area (Å²) >= 11 is 0. The lowest BCUT2D eigenvalue weighted by Gasteiger charge is -2.23. The van der Waals surface area contributed by atoms with Crippen molar-refractivity contribution < 1.29 is 9.53 Å². The van der Waals surface area contributed by atoms with Gasteiger partial charge in [-0.3, -0.25) is 9.80 Å². The van der Waals surface area contributed by atoms with Crippen LogP contribution in [0.25, 0.3) is 0 Å². The van der Waals surface area contributed by atoms with Gasteiger partial charge in [0.25, 0.3) is 5.91 Å². The van der Waals surface area contributed by atoms with Gasteiger partial charge in [-0.25, -0.2) is 0 Å². The lowest BCUT2D eigenvalue weighted by molar-refractivity contribution is -0.110. The Morgan fingerprint density at radius 1 is 1.07 bits per heavy atom. The van der Waals surface area contributed by atoms with Crippen LogP contribution in [0.15, 0.2) is 90.0 Å². The van der Waals surface area contributed by atoms with Crippen LogP contribution in [0.1, 0.15) is 18.0 Å². The molecule has 0 saturated carbocycles. The molecular formula is C24H20N4O2. The molecule has 1 atom stereocenters. The van der Waals surface area contributed by atoms with Crippen molar-refractivity contribution in [3.05, 3.63) is 90.5 Å². The van der Waals surface area contributed by atoms with Crippen LogP contribution in [0.5, 0.6) is 5.75 Å². The number of benzene rings is 3. The van der Waals surface area contributed by atoms with Gasteiger partial charge in [0.1, 0.15) is 17.5 Å². The number of amides is 1. The van der Waals surface area contributed by atoms with Crippen LogP contribution in [0.2, 0.25) is 0 Å². The van der Waals surface area contributed by atoms with E-state index in [9.17, 15) is 4.79 Å². The molecule has 6 heteroatoms. The second-order valence-electron chi connectivity index (χ2n) is 6.79. The summed E-state index contributed by atoms with van der Waals surface area (Å²) in [6.45, 7) is -0.0467. The lowest BCUT2D eigenvalue weighted by Crippen LogP contribution is -2.22. The third-order valence-corrected chi connectivity index (χ3v) is 4.77. The summed E-state index contributed by atoms with van der Waals surface area (Å²) in [5.74, 6) is 0.266. The molecule has 1 heterocycles. The zero-order chi connectivity index (χ0) is 20.8. The summed E-state index contributed by atoms with van der Waals surface area (Å²) < 4.78 is 5.30. The van der Waals surface area contributed by atoms with Crippen molar-refractivity contribution in [1.82, 2.24) is 0 Å². The quantitative estimate of drug-likeness (QED) is 0.664. The van der Waals surface area contributed by atoms with Gasteiger partial charge >= 0.3 is 0 Å². The SMILES string of the molecule is N#CCOc1cccc(NC(=O)C2=NN(c3ccccc3)C(c3ccccc3)C2)c1. The molecule has 148 valence electrons. The third-order valence-electron chi connectivity index (χ3n) is 4.77. The maximum absolute atomic E-state index is 12.9. The zero-order valence-corrected chi connectivity index (χ0v) is 16.2. The van der Waals surface area contributed by atoms with Crippen LogP contribution in [-0.4, -0.2) is 18.2 Å². The molecule has 0 saturated heterocycles. The first-order valence-corrected chi connectivity index (χ1v) is 9.62. The van der Waals surface area contributed by atoms with Gasteiger partial charge in [0.2, 0.25) is 0 Å². The van der Waals surface area contributed by atoms with Gasteiger partial charge in [-0.15, -0.1) is 0 Å². The zero-order valence-electron chi connectivity index (χ0n) is 16.2. The van der Waals surface area contributed by atoms with Gasteiger partial charge in [-0.2, -0.15) is 10.4 Å². The number of carbonyl (C=O) groups excluding carboxylic acids is 1. The standard InChI is InChI=1S/C24H20N4O2/c25-14-15-30-21-13-7-10-19(16-21)26-24(29)22-17-23(18-8-3-1-4-9-18)28(27-22)20-11-5-2-6-12-20/h1-13,16,23H,15,17H2,(H,26,29). The largest absolute Gasteiger partial charge is 0.479 e. The molecule has 1 aliphatic heterocycles. The van der Waals surface area contributed by atoms with E-state index in [1.807, 2.05) is 71.7 Å². The summed E-state index contributed by atoms with van der Waals surface area (Å²) in [7, 11) is 0. The third kappa shape index (κ3) is 4.31. The fourth-order valence-corrected chi connectivity index (χ4v) is 3.38. The van der Waals surface area contributed by atoms with Crippen LogP contribution in [0, 0.1) is 11.3 Å². The van der Waals surface area contributed by atoms with Crippen molar-refractivity contribution in [1.29, 1.82) is 5.26 Å². The van der Waals surface area contributed by atoms with Crippen molar-refractivity contribution in [2.75, 3.05) is 16.9 Å². The van der Waals surface area contributed by atoms with Gasteiger partial charge in [0, 0.05) is 18.2 Å². The maximum atomic E-state index is 12.9. The molecule has 30 heavy (non-hydrogen) atoms. The molecule has 0 radical (unpaired) electrons. The molecule has 0 aliphatic carbocycles. The Kier molecular flexibility index (Phi) is 5.72. The van der Waals surface area contributed by atoms with Gasteiger partial charge in [-0.1, -0.05) is 54.6 Å². The number of anilines is 2. The molecule has 0 spiro atoms. The van der Waals surface area contributed by atoms with Gasteiger partial charge < -0.3 is 10.1 Å². The van der Waals surface area contributed by atoms with Gasteiger partial charge in [-0.05, 0) is 29.8 Å². The Hall–Kier alpha value is -4.11. The number of rotatable bonds is 6. The summed E-state index contributed by atoms with van der Waals surface area (Å²) in [5.41, 5.74) is 3.07. The van der Waals surface area contributed by atoms with Crippen molar-refractivity contribution in [3.63, 3.8) is 0 Å². The van der Waals surface area contributed by atoms with Crippen molar-refractivity contribution in [2.45, 2.75) is 12.5 Å². The Bertz CT molecular complexity index is 1090. The molecule has 1 N–H and O–H groups in total. The van der Waals surface area contributed by atoms with Crippen LogP contribution >= 0.6 is 0 Å². The van der Waals surface area contributed by atoms with Crippen LogP contribution in [0.3, 0.4) is 0 Å². The first-order chi connectivity index (χ1) is 14.7. The van der Waals surface area contributed by atoms with Crippen LogP contribution < -0.4 is 15.1 Å². The fourth-order valence-electron chi connectivity index (χ4n) is 3.38. The summed E-state index contributed by atoms with van der Waals surface area (Å²) in [5, 5.41) is 18.1. The van der Waals surface area contributed by atoms with Gasteiger partial charge in [0.05, 0.1) is 11.7 Å². The number of ether oxygens (including phenoxy) is 1. The average molecular weight is 396 g/mol. The summed E-state index contributed by atoms with van der Waals surface area (Å²) in [6, 6.07) is 28.7. The number of hydrogen-bond donors (Lipinski definition) is 1. The molecule has 0 fully saturated rings. The first kappa shape index (κ1) is 19.2. The molecule has 0 aromatic heterocycles. The van der Waals surface area contributed by atoms with E-state index in [1.54, 1.807) is 24.3 Å². The molecule has 3 aromatic carbocycles. The Balaban J connectivity index is 1.56. The number of hydrogen-bond acceptors (Lipinski definition) is 5. The van der Waals surface area contributed by atoms with Crippen molar-refractivity contribution in [3.8, 4) is 11.8 Å². The summed E-state index contributed by atoms with van der Waals surface area (Å²) in [4.78, 5) is 12.9. The number of carbonyl (C=O) groups is 1. The predicted octanol–water partition coefficient (Wildman–Crippen LogP) is 4.54. The smallest absolute Gasteiger partial charge is 0.271 e. The van der Waals surface area contributed by atoms with Crippen LogP contribution in [-0.2, 0) is 4.79 Å². The Morgan fingerprint density at radius 3 is 2.53 bits per heavy atom. The molecule has 3 aromatic rings. The first-order valence-electron chi connectivity index (χ1n) is 9.62. The van der Waals surface area contributed by atoms with E-state index >= 15 is 0 Å². The minimum absolute atomic E-state index is 0.0467. The molecule has 0 bridgehead atoms. The maximum Gasteiger partial charge on any atom is 0.271 e. The Labute approximate surface area is 175 Å². The van der Waals surface area contributed by atoms with E-state index in [0.717, 1.165) is 11.3 Å². The fraction of sp³-hybridized carbons (Fsp3) is 0.125. The lowest BCUT2D eigenvalue weighted by atomic mass is 10.0. The molecule has 1 unspecified atom stereocenters. The molecular weight excluding hydrogens is 376 g/mol. The van der Waals surface area contributed by atoms with E-state index < -0.39 is 0 Å². The number of nitrogens with one attached hydrogen (secondary N) is 1. The highest BCUT2D eigenvalue weighted by molar-refractivity contribution is 6.43. The van der Waals surface area contributed by atoms with Crippen LogP contribution in [0.4, 0.5) is 11.4 Å². The average Bonchev–Trinajstić information content (AvgIpc) is 3.25. The highest BCUT2D eigenvalue weighted by atomic mass is 16.5. The monoisotopic (exact) mass is 396 g/mol. The summed E-state index contributed by atoms with van der Waals surface area (Å²) in [6.07, 6.45) is 0.495. The van der Waals surface area contributed by atoms with E-state index in [0.29, 0.717) is 23.6 Å². The van der Waals surface area contributed by atoms with Crippen molar-refractivity contribution in [2.24, 2.45) is 5.10 Å². The normalized spacial score (nSPS) is 15.2. The van der Waals surface area contributed by atoms with E-state index in [-0.39, 0.29) is 18.6 Å². The van der Waals surface area contributed by atoms with Crippen molar-refractivity contribution >= 4 is 23.0 Å².